The van der Waals surface area contributed by atoms with Gasteiger partial charge in [-0.3, -0.25) is 0 Å². The Morgan fingerprint density at radius 3 is 2.35 bits per heavy atom. The van der Waals surface area contributed by atoms with Crippen molar-refractivity contribution in [2.75, 3.05) is 0 Å². The lowest BCUT2D eigenvalue weighted by Crippen LogP contribution is -2.35. The highest BCUT2D eigenvalue weighted by Crippen LogP contribution is 2.20. The molecule has 17 heavy (non-hydrogen) atoms. The summed E-state index contributed by atoms with van der Waals surface area (Å²) in [4.78, 5) is 8.76. The summed E-state index contributed by atoms with van der Waals surface area (Å²) in [6.45, 7) is 11.7. The van der Waals surface area contributed by atoms with E-state index in [-0.39, 0.29) is 5.54 Å². The first-order valence-corrected chi connectivity index (χ1v) is 7.01. The molecule has 0 radical (unpaired) electrons. The molecule has 0 amide bonds. The molecule has 0 fully saturated rings. The average molecular weight is 253 g/mol. The van der Waals surface area contributed by atoms with E-state index >= 15 is 0 Å². The Morgan fingerprint density at radius 2 is 1.88 bits per heavy atom. The van der Waals surface area contributed by atoms with Crippen LogP contribution in [0.4, 0.5) is 0 Å². The fourth-order valence-corrected chi connectivity index (χ4v) is 1.88. The van der Waals surface area contributed by atoms with Crippen molar-refractivity contribution in [3.8, 4) is 0 Å². The highest BCUT2D eigenvalue weighted by Gasteiger charge is 2.09. The van der Waals surface area contributed by atoms with E-state index in [0.717, 1.165) is 23.7 Å². The molecule has 4 heteroatoms. The van der Waals surface area contributed by atoms with Gasteiger partial charge < -0.3 is 5.32 Å². The molecular weight excluding hydrogens is 230 g/mol. The third kappa shape index (κ3) is 6.03. The molecule has 0 saturated carbocycles. The maximum absolute atomic E-state index is 4.38. The van der Waals surface area contributed by atoms with Gasteiger partial charge in [-0.25, -0.2) is 9.97 Å². The van der Waals surface area contributed by atoms with Gasteiger partial charge in [0.25, 0.3) is 0 Å². The van der Waals surface area contributed by atoms with Crippen LogP contribution in [0.2, 0.25) is 0 Å². The Balaban J connectivity index is 2.50. The Bertz CT molecular complexity index is 330. The maximum atomic E-state index is 4.38. The van der Waals surface area contributed by atoms with E-state index in [1.807, 2.05) is 12.4 Å². The normalized spacial score (nSPS) is 13.7. The number of rotatable bonds is 5. The topological polar surface area (TPSA) is 37.8 Å². The van der Waals surface area contributed by atoms with Crippen molar-refractivity contribution < 1.29 is 0 Å². The number of hydrogen-bond donors (Lipinski definition) is 1. The van der Waals surface area contributed by atoms with Crippen molar-refractivity contribution >= 4 is 11.8 Å². The zero-order valence-corrected chi connectivity index (χ0v) is 12.3. The lowest BCUT2D eigenvalue weighted by molar-refractivity contribution is 0.423. The minimum atomic E-state index is 0.129. The smallest absolute Gasteiger partial charge is 0.187 e. The fourth-order valence-electron chi connectivity index (χ4n) is 1.13. The summed E-state index contributed by atoms with van der Waals surface area (Å²) in [5.41, 5.74) is 1.26. The molecular formula is C13H23N3S. The van der Waals surface area contributed by atoms with E-state index < -0.39 is 0 Å². The van der Waals surface area contributed by atoms with Gasteiger partial charge in [0.05, 0.1) is 0 Å². The van der Waals surface area contributed by atoms with Gasteiger partial charge in [0.15, 0.2) is 5.16 Å². The molecule has 1 N–H and O–H groups in total. The molecule has 0 aromatic carbocycles. The molecule has 1 aromatic heterocycles. The van der Waals surface area contributed by atoms with Crippen LogP contribution < -0.4 is 5.32 Å². The highest BCUT2D eigenvalue weighted by atomic mass is 32.2. The van der Waals surface area contributed by atoms with Crippen molar-refractivity contribution in [2.45, 2.75) is 63.5 Å². The molecule has 1 aromatic rings. The largest absolute Gasteiger partial charge is 0.308 e. The van der Waals surface area contributed by atoms with Gasteiger partial charge in [-0.1, -0.05) is 25.6 Å². The van der Waals surface area contributed by atoms with Gasteiger partial charge in [0, 0.05) is 35.3 Å². The Kier molecular flexibility index (Phi) is 5.40. The van der Waals surface area contributed by atoms with Crippen molar-refractivity contribution in [3.63, 3.8) is 0 Å². The molecule has 0 spiro atoms. The average Bonchev–Trinajstić information content (AvgIpc) is 2.27. The molecule has 0 saturated heterocycles. The third-order valence-corrected chi connectivity index (χ3v) is 3.54. The molecule has 0 aliphatic rings. The number of aromatic nitrogens is 2. The van der Waals surface area contributed by atoms with E-state index in [4.69, 9.17) is 0 Å². The van der Waals surface area contributed by atoms with Gasteiger partial charge in [0.1, 0.15) is 0 Å². The predicted octanol–water partition coefficient (Wildman–Crippen LogP) is 3.26. The number of thioether (sulfide) groups is 1. The second kappa shape index (κ2) is 6.36. The van der Waals surface area contributed by atoms with Gasteiger partial charge in [-0.2, -0.15) is 0 Å². The van der Waals surface area contributed by atoms with E-state index in [2.05, 4.69) is 49.9 Å². The zero-order chi connectivity index (χ0) is 12.9. The van der Waals surface area contributed by atoms with Crippen LogP contribution in [0, 0.1) is 0 Å². The monoisotopic (exact) mass is 253 g/mol. The van der Waals surface area contributed by atoms with E-state index in [0.29, 0.717) is 5.25 Å². The van der Waals surface area contributed by atoms with Gasteiger partial charge in [-0.05, 0) is 27.2 Å². The second-order valence-electron chi connectivity index (χ2n) is 5.31. The quantitative estimate of drug-likeness (QED) is 0.645. The minimum Gasteiger partial charge on any atom is -0.308 e. The predicted molar refractivity (Wildman–Crippen MR) is 74.2 cm³/mol. The first-order chi connectivity index (χ1) is 7.90. The Hall–Kier alpha value is -0.610. The maximum Gasteiger partial charge on any atom is 0.187 e. The number of hydrogen-bond acceptors (Lipinski definition) is 4. The summed E-state index contributed by atoms with van der Waals surface area (Å²) in [5.74, 6) is 0. The Labute approximate surface area is 109 Å². The van der Waals surface area contributed by atoms with Gasteiger partial charge in [0.2, 0.25) is 0 Å². The lowest BCUT2D eigenvalue weighted by atomic mass is 10.1. The van der Waals surface area contributed by atoms with E-state index in [9.17, 15) is 0 Å². The van der Waals surface area contributed by atoms with Crippen LogP contribution in [0.3, 0.4) is 0 Å². The van der Waals surface area contributed by atoms with Crippen LogP contribution >= 0.6 is 11.8 Å². The molecule has 0 aliphatic carbocycles. The zero-order valence-electron chi connectivity index (χ0n) is 11.4. The van der Waals surface area contributed by atoms with Crippen molar-refractivity contribution in [3.05, 3.63) is 18.0 Å². The first kappa shape index (κ1) is 14.5. The standard InChI is InChI=1S/C13H23N3S/c1-6-10(2)17-12-14-7-11(8-15-12)9-16-13(3,4)5/h7-8,10,16H,6,9H2,1-5H3. The summed E-state index contributed by atoms with van der Waals surface area (Å²) >= 11 is 1.73. The van der Waals surface area contributed by atoms with E-state index in [1.165, 1.54) is 0 Å². The van der Waals surface area contributed by atoms with Crippen LogP contribution in [0.15, 0.2) is 17.6 Å². The fraction of sp³-hybridized carbons (Fsp3) is 0.692. The minimum absolute atomic E-state index is 0.129. The summed E-state index contributed by atoms with van der Waals surface area (Å²) in [7, 11) is 0. The third-order valence-electron chi connectivity index (χ3n) is 2.39. The molecule has 1 atom stereocenters. The summed E-state index contributed by atoms with van der Waals surface area (Å²) in [6, 6.07) is 0. The summed E-state index contributed by atoms with van der Waals surface area (Å²) in [6.07, 6.45) is 4.97. The van der Waals surface area contributed by atoms with Crippen LogP contribution in [0.5, 0.6) is 0 Å². The molecule has 3 nitrogen and oxygen atoms in total. The molecule has 1 heterocycles. The molecule has 0 aliphatic heterocycles. The number of nitrogens with one attached hydrogen (secondary N) is 1. The van der Waals surface area contributed by atoms with Crippen molar-refractivity contribution in [1.82, 2.24) is 15.3 Å². The summed E-state index contributed by atoms with van der Waals surface area (Å²) < 4.78 is 0. The summed E-state index contributed by atoms with van der Waals surface area (Å²) in [5, 5.41) is 4.87. The highest BCUT2D eigenvalue weighted by molar-refractivity contribution is 7.99. The van der Waals surface area contributed by atoms with Crippen LogP contribution in [-0.2, 0) is 6.54 Å². The van der Waals surface area contributed by atoms with E-state index in [1.54, 1.807) is 11.8 Å². The van der Waals surface area contributed by atoms with Crippen LogP contribution in [0.25, 0.3) is 0 Å². The van der Waals surface area contributed by atoms with Gasteiger partial charge >= 0.3 is 0 Å². The van der Waals surface area contributed by atoms with Crippen molar-refractivity contribution in [1.29, 1.82) is 0 Å². The Morgan fingerprint density at radius 1 is 1.29 bits per heavy atom. The molecule has 0 bridgehead atoms. The lowest BCUT2D eigenvalue weighted by Gasteiger charge is -2.20. The second-order valence-corrected chi connectivity index (χ2v) is 6.72. The SMILES string of the molecule is CCC(C)Sc1ncc(CNC(C)(C)C)cn1. The van der Waals surface area contributed by atoms with Gasteiger partial charge in [-0.15, -0.1) is 0 Å². The molecule has 1 unspecified atom stereocenters. The first-order valence-electron chi connectivity index (χ1n) is 6.13. The number of nitrogens with zero attached hydrogens (tertiary/aromatic N) is 2. The molecule has 1 rings (SSSR count). The van der Waals surface area contributed by atoms with Crippen molar-refractivity contribution in [2.24, 2.45) is 0 Å². The molecule has 96 valence electrons. The van der Waals surface area contributed by atoms with Crippen LogP contribution in [-0.4, -0.2) is 20.8 Å². The van der Waals surface area contributed by atoms with Crippen LogP contribution in [0.1, 0.15) is 46.6 Å².